The highest BCUT2D eigenvalue weighted by molar-refractivity contribution is 5.92. The lowest BCUT2D eigenvalue weighted by Gasteiger charge is -2.22. The Kier molecular flexibility index (Phi) is 5.08. The van der Waals surface area contributed by atoms with E-state index in [0.29, 0.717) is 18.3 Å². The summed E-state index contributed by atoms with van der Waals surface area (Å²) < 4.78 is 1.92. The zero-order valence-electron chi connectivity index (χ0n) is 13.6. The number of hydrogen-bond acceptors (Lipinski definition) is 3. The predicted octanol–water partition coefficient (Wildman–Crippen LogP) is 2.09. The molecule has 1 atom stereocenters. The second-order valence-electron chi connectivity index (χ2n) is 6.18. The van der Waals surface area contributed by atoms with Gasteiger partial charge in [0.25, 0.3) is 5.91 Å². The molecule has 5 nitrogen and oxygen atoms in total. The first kappa shape index (κ1) is 15.7. The van der Waals surface area contributed by atoms with E-state index in [0.717, 1.165) is 32.4 Å². The summed E-state index contributed by atoms with van der Waals surface area (Å²) in [6, 6.07) is 10.5. The number of carbonyl (C=O) groups excluding carboxylic acids is 1. The monoisotopic (exact) mass is 312 g/mol. The zero-order valence-corrected chi connectivity index (χ0v) is 13.6. The van der Waals surface area contributed by atoms with E-state index in [4.69, 9.17) is 0 Å². The van der Waals surface area contributed by atoms with E-state index >= 15 is 0 Å². The lowest BCUT2D eigenvalue weighted by atomic mass is 10.1. The Labute approximate surface area is 137 Å². The summed E-state index contributed by atoms with van der Waals surface area (Å²) in [5.74, 6) is -0.0971. The average molecular weight is 312 g/mol. The molecule has 1 aromatic heterocycles. The molecule has 0 radical (unpaired) electrons. The summed E-state index contributed by atoms with van der Waals surface area (Å²) in [4.78, 5) is 12.2. The molecule has 1 amide bonds. The van der Waals surface area contributed by atoms with E-state index in [1.807, 2.05) is 16.9 Å². The van der Waals surface area contributed by atoms with Crippen LogP contribution in [-0.2, 0) is 6.42 Å². The molecule has 5 heteroatoms. The van der Waals surface area contributed by atoms with Gasteiger partial charge in [0, 0.05) is 19.3 Å². The van der Waals surface area contributed by atoms with Crippen molar-refractivity contribution in [2.75, 3.05) is 19.6 Å². The number of rotatable bonds is 5. The molecule has 1 saturated heterocycles. The van der Waals surface area contributed by atoms with Crippen molar-refractivity contribution in [3.63, 3.8) is 0 Å². The van der Waals surface area contributed by atoms with Crippen molar-refractivity contribution in [1.29, 1.82) is 0 Å². The molecular formula is C18H24N4O. The normalized spacial score (nSPS) is 17.9. The quantitative estimate of drug-likeness (QED) is 0.889. The van der Waals surface area contributed by atoms with Crippen molar-refractivity contribution < 1.29 is 4.79 Å². The fourth-order valence-corrected chi connectivity index (χ4v) is 3.00. The van der Waals surface area contributed by atoms with Crippen LogP contribution in [-0.4, -0.2) is 35.3 Å². The predicted molar refractivity (Wildman–Crippen MR) is 90.6 cm³/mol. The Morgan fingerprint density at radius 3 is 3.13 bits per heavy atom. The summed E-state index contributed by atoms with van der Waals surface area (Å²) in [7, 11) is 0. The largest absolute Gasteiger partial charge is 0.350 e. The number of piperidine rings is 1. The molecule has 1 aliphatic rings. The highest BCUT2D eigenvalue weighted by Crippen LogP contribution is 2.15. The second kappa shape index (κ2) is 7.42. The van der Waals surface area contributed by atoms with Crippen molar-refractivity contribution in [1.82, 2.24) is 20.4 Å². The summed E-state index contributed by atoms with van der Waals surface area (Å²) in [6.07, 6.45) is 5.01. The average Bonchev–Trinajstić information content (AvgIpc) is 3.06. The molecule has 0 saturated carbocycles. The molecule has 0 bridgehead atoms. The lowest BCUT2D eigenvalue weighted by molar-refractivity contribution is 0.0948. The Hall–Kier alpha value is -2.14. The molecule has 0 spiro atoms. The fraction of sp³-hybridized carbons (Fsp3) is 0.444. The van der Waals surface area contributed by atoms with Gasteiger partial charge in [-0.2, -0.15) is 5.10 Å². The number of hydrogen-bond donors (Lipinski definition) is 2. The Bertz CT molecular complexity index is 659. The summed E-state index contributed by atoms with van der Waals surface area (Å²) in [6.45, 7) is 4.70. The van der Waals surface area contributed by atoms with Crippen LogP contribution in [0.5, 0.6) is 0 Å². The molecule has 1 aromatic carbocycles. The highest BCUT2D eigenvalue weighted by atomic mass is 16.1. The first-order chi connectivity index (χ1) is 11.2. The molecule has 122 valence electrons. The molecule has 23 heavy (non-hydrogen) atoms. The molecule has 2 N–H and O–H groups in total. The third-order valence-corrected chi connectivity index (χ3v) is 4.27. The van der Waals surface area contributed by atoms with Crippen molar-refractivity contribution in [3.05, 3.63) is 53.3 Å². The van der Waals surface area contributed by atoms with Gasteiger partial charge < -0.3 is 10.6 Å². The Morgan fingerprint density at radius 1 is 1.43 bits per heavy atom. The van der Waals surface area contributed by atoms with E-state index < -0.39 is 0 Å². The number of carbonyl (C=O) groups is 1. The first-order valence-electron chi connectivity index (χ1n) is 8.32. The van der Waals surface area contributed by atoms with Crippen LogP contribution < -0.4 is 10.6 Å². The molecule has 1 fully saturated rings. The zero-order chi connectivity index (χ0) is 16.1. The van der Waals surface area contributed by atoms with Crippen LogP contribution in [0.15, 0.2) is 36.5 Å². The number of aryl methyl sites for hydroxylation is 1. The van der Waals surface area contributed by atoms with Gasteiger partial charge in [-0.1, -0.05) is 29.8 Å². The molecule has 2 heterocycles. The maximum absolute atomic E-state index is 12.2. The van der Waals surface area contributed by atoms with Crippen LogP contribution in [0.4, 0.5) is 0 Å². The van der Waals surface area contributed by atoms with Crippen LogP contribution >= 0.6 is 0 Å². The van der Waals surface area contributed by atoms with Crippen LogP contribution in [0, 0.1) is 6.92 Å². The van der Waals surface area contributed by atoms with E-state index in [1.165, 1.54) is 11.1 Å². The maximum atomic E-state index is 12.2. The van der Waals surface area contributed by atoms with Gasteiger partial charge in [-0.05, 0) is 44.4 Å². The van der Waals surface area contributed by atoms with Gasteiger partial charge in [-0.25, -0.2) is 0 Å². The van der Waals surface area contributed by atoms with Gasteiger partial charge in [-0.3, -0.25) is 9.48 Å². The van der Waals surface area contributed by atoms with Gasteiger partial charge >= 0.3 is 0 Å². The van der Waals surface area contributed by atoms with E-state index in [9.17, 15) is 4.79 Å². The van der Waals surface area contributed by atoms with Gasteiger partial charge in [0.1, 0.15) is 5.69 Å². The van der Waals surface area contributed by atoms with Crippen LogP contribution in [0.3, 0.4) is 0 Å². The Balaban J connectivity index is 1.51. The minimum atomic E-state index is -0.0971. The van der Waals surface area contributed by atoms with Gasteiger partial charge in [0.2, 0.25) is 0 Å². The number of nitrogens with zero attached hydrogens (tertiary/aromatic N) is 2. The van der Waals surface area contributed by atoms with E-state index in [2.05, 4.69) is 40.9 Å². The fourth-order valence-electron chi connectivity index (χ4n) is 3.00. The van der Waals surface area contributed by atoms with Crippen molar-refractivity contribution in [3.8, 4) is 0 Å². The third-order valence-electron chi connectivity index (χ3n) is 4.27. The van der Waals surface area contributed by atoms with E-state index in [1.54, 1.807) is 6.07 Å². The van der Waals surface area contributed by atoms with E-state index in [-0.39, 0.29) is 5.91 Å². The minimum Gasteiger partial charge on any atom is -0.350 e. The molecule has 2 aromatic rings. The summed E-state index contributed by atoms with van der Waals surface area (Å²) in [5.41, 5.74) is 2.98. The lowest BCUT2D eigenvalue weighted by Crippen LogP contribution is -2.32. The summed E-state index contributed by atoms with van der Waals surface area (Å²) in [5, 5.41) is 10.8. The van der Waals surface area contributed by atoms with Crippen LogP contribution in [0.2, 0.25) is 0 Å². The topological polar surface area (TPSA) is 59.0 Å². The molecule has 3 rings (SSSR count). The molecule has 1 aliphatic heterocycles. The second-order valence-corrected chi connectivity index (χ2v) is 6.18. The third kappa shape index (κ3) is 4.20. The van der Waals surface area contributed by atoms with Crippen molar-refractivity contribution in [2.45, 2.75) is 32.2 Å². The minimum absolute atomic E-state index is 0.0971. The number of benzene rings is 1. The smallest absolute Gasteiger partial charge is 0.271 e. The molecule has 0 aliphatic carbocycles. The SMILES string of the molecule is Cc1cccc(CCNC(=O)c2ccn(C3CCCNC3)n2)c1. The van der Waals surface area contributed by atoms with Gasteiger partial charge in [-0.15, -0.1) is 0 Å². The standard InChI is InChI=1S/C18H24N4O/c1-14-4-2-5-15(12-14)7-10-20-18(23)17-8-11-22(21-17)16-6-3-9-19-13-16/h2,4-5,8,11-12,16,19H,3,6-7,9-10,13H2,1H3,(H,20,23). The van der Waals surface area contributed by atoms with Crippen molar-refractivity contribution >= 4 is 5.91 Å². The van der Waals surface area contributed by atoms with Gasteiger partial charge in [0.05, 0.1) is 6.04 Å². The van der Waals surface area contributed by atoms with Gasteiger partial charge in [0.15, 0.2) is 0 Å². The van der Waals surface area contributed by atoms with Crippen LogP contribution in [0.1, 0.15) is 40.5 Å². The number of nitrogens with one attached hydrogen (secondary N) is 2. The maximum Gasteiger partial charge on any atom is 0.271 e. The molecular weight excluding hydrogens is 288 g/mol. The Morgan fingerprint density at radius 2 is 2.35 bits per heavy atom. The van der Waals surface area contributed by atoms with Crippen molar-refractivity contribution in [2.24, 2.45) is 0 Å². The number of amides is 1. The first-order valence-corrected chi connectivity index (χ1v) is 8.32. The number of aromatic nitrogens is 2. The molecule has 1 unspecified atom stereocenters. The highest BCUT2D eigenvalue weighted by Gasteiger charge is 2.17. The van der Waals surface area contributed by atoms with Crippen LogP contribution in [0.25, 0.3) is 0 Å². The summed E-state index contributed by atoms with van der Waals surface area (Å²) >= 11 is 0.